The van der Waals surface area contributed by atoms with Crippen molar-refractivity contribution in [1.29, 1.82) is 0 Å². The van der Waals surface area contributed by atoms with E-state index in [2.05, 4.69) is 174 Å². The van der Waals surface area contributed by atoms with E-state index in [0.29, 0.717) is 13.2 Å². The summed E-state index contributed by atoms with van der Waals surface area (Å²) < 4.78 is 7.02. The van der Waals surface area contributed by atoms with Crippen LogP contribution in [0.4, 0.5) is 22.7 Å². The van der Waals surface area contributed by atoms with Crippen molar-refractivity contribution >= 4 is 22.7 Å². The average molecular weight is 803 g/mol. The summed E-state index contributed by atoms with van der Waals surface area (Å²) in [4.78, 5) is 9.62. The number of anilines is 4. The van der Waals surface area contributed by atoms with Crippen molar-refractivity contribution in [3.63, 3.8) is 0 Å². The zero-order chi connectivity index (χ0) is 42.6. The minimum absolute atomic E-state index is 0.119. The normalized spacial score (nSPS) is 12.4. The van der Waals surface area contributed by atoms with Crippen LogP contribution in [0.1, 0.15) is 150 Å². The van der Waals surface area contributed by atoms with Crippen LogP contribution in [0, 0.1) is 13.8 Å². The summed E-state index contributed by atoms with van der Waals surface area (Å²) in [6.07, 6.45) is 15.1. The van der Waals surface area contributed by atoms with E-state index in [-0.39, 0.29) is 11.8 Å². The molecular weight excluding hydrogens is 721 g/mol. The maximum Gasteiger partial charge on any atom is 0.0576 e. The van der Waals surface area contributed by atoms with Gasteiger partial charge in [0.15, 0.2) is 0 Å². The maximum absolute atomic E-state index is 7.02. The molecule has 0 N–H and O–H groups in total. The molecule has 0 spiro atoms. The second-order valence-electron chi connectivity index (χ2n) is 17.5. The molecule has 4 aromatic rings. The monoisotopic (exact) mass is 803 g/mol. The van der Waals surface area contributed by atoms with Crippen LogP contribution < -0.4 is 19.6 Å². The summed E-state index contributed by atoms with van der Waals surface area (Å²) >= 11 is 0. The lowest BCUT2D eigenvalue weighted by Crippen LogP contribution is -2.26. The zero-order valence-electron chi connectivity index (χ0n) is 39.2. The molecule has 0 saturated carbocycles. The molecule has 0 aliphatic heterocycles. The van der Waals surface area contributed by atoms with E-state index in [0.717, 1.165) is 26.2 Å². The van der Waals surface area contributed by atoms with Crippen LogP contribution in [0.3, 0.4) is 0 Å². The third kappa shape index (κ3) is 14.6. The summed E-state index contributed by atoms with van der Waals surface area (Å²) in [5.74, 6) is 0.239. The molecule has 0 heterocycles. The van der Waals surface area contributed by atoms with E-state index in [1.54, 1.807) is 0 Å². The number of unbranched alkanes of at least 4 members (excludes halogenated alkanes) is 8. The molecule has 0 aliphatic carbocycles. The summed E-state index contributed by atoms with van der Waals surface area (Å²) in [5, 5.41) is 0. The first-order valence-corrected chi connectivity index (χ1v) is 23.4. The molecule has 5 heteroatoms. The Bertz CT molecular complexity index is 1600. The van der Waals surface area contributed by atoms with Crippen LogP contribution >= 0.6 is 0 Å². The van der Waals surface area contributed by atoms with Gasteiger partial charge in [-0.1, -0.05) is 115 Å². The van der Waals surface area contributed by atoms with Crippen molar-refractivity contribution in [2.45, 2.75) is 130 Å². The van der Waals surface area contributed by atoms with Gasteiger partial charge in [0.2, 0.25) is 0 Å². The number of rotatable bonds is 28. The van der Waals surface area contributed by atoms with Gasteiger partial charge < -0.3 is 24.3 Å². The number of nitrogens with zero attached hydrogens (tertiary/aromatic N) is 4. The number of benzene rings is 4. The van der Waals surface area contributed by atoms with Crippen molar-refractivity contribution in [1.82, 2.24) is 0 Å². The number of aryl methyl sites for hydroxylation is 2. The Balaban J connectivity index is 1.67. The lowest BCUT2D eigenvalue weighted by Gasteiger charge is -2.28. The number of hydrogen-bond donors (Lipinski definition) is 0. The molecule has 4 aromatic carbocycles. The number of hydrogen-bond acceptors (Lipinski definition) is 5. The lowest BCUT2D eigenvalue weighted by atomic mass is 9.87. The van der Waals surface area contributed by atoms with E-state index < -0.39 is 0 Å². The van der Waals surface area contributed by atoms with Gasteiger partial charge in [-0.05, 0) is 121 Å². The van der Waals surface area contributed by atoms with E-state index in [1.165, 1.54) is 133 Å². The summed E-state index contributed by atoms with van der Waals surface area (Å²) in [5.41, 5.74) is 13.1. The predicted octanol–water partition coefficient (Wildman–Crippen LogP) is 13.8. The molecule has 0 bridgehead atoms. The highest BCUT2D eigenvalue weighted by atomic mass is 16.5. The number of ether oxygens (including phenoxy) is 1. The molecule has 4 rings (SSSR count). The SMILES string of the molecule is CCCCCN(CCCCC)c1ccc(C(COCC(c2ccc(N(C)C)cc2)c2ccc(N(CCCCC)CCCCC)cc2C)c2ccc(N(C)C)cc2)c(C)c1. The van der Waals surface area contributed by atoms with Crippen molar-refractivity contribution in [2.75, 3.05) is 87.2 Å². The van der Waals surface area contributed by atoms with Crippen molar-refractivity contribution in [3.05, 3.63) is 118 Å². The van der Waals surface area contributed by atoms with Gasteiger partial charge in [0.1, 0.15) is 0 Å². The quantitative estimate of drug-likeness (QED) is 0.0532. The fourth-order valence-corrected chi connectivity index (χ4v) is 8.49. The molecule has 0 radical (unpaired) electrons. The van der Waals surface area contributed by atoms with Gasteiger partial charge >= 0.3 is 0 Å². The first-order chi connectivity index (χ1) is 28.6. The molecule has 2 atom stereocenters. The fourth-order valence-electron chi connectivity index (χ4n) is 8.49. The standard InChI is InChI=1S/C54H82N4O/c1-11-15-19-35-57(36-20-16-12-2)49-31-33-51(43(5)39-49)53(45-23-27-47(28-24-45)55(7)8)41-59-42-54(46-25-29-48(30-26-46)56(9)10)52-34-32-50(40-44(52)6)58(37-21-17-13-3)38-22-18-14-4/h23-34,39-40,53-54H,11-22,35-38,41-42H2,1-10H3. The van der Waals surface area contributed by atoms with Gasteiger partial charge in [0.05, 0.1) is 13.2 Å². The first kappa shape index (κ1) is 47.7. The Labute approximate surface area is 362 Å². The molecule has 59 heavy (non-hydrogen) atoms. The second kappa shape index (κ2) is 25.6. The van der Waals surface area contributed by atoms with Crippen LogP contribution in [0.2, 0.25) is 0 Å². The summed E-state index contributed by atoms with van der Waals surface area (Å²) in [7, 11) is 8.45. The average Bonchev–Trinajstić information content (AvgIpc) is 3.23. The van der Waals surface area contributed by atoms with E-state index in [4.69, 9.17) is 4.74 Å². The van der Waals surface area contributed by atoms with Crippen LogP contribution in [-0.2, 0) is 4.74 Å². The lowest BCUT2D eigenvalue weighted by molar-refractivity contribution is 0.120. The molecule has 0 aromatic heterocycles. The molecule has 324 valence electrons. The Morgan fingerprint density at radius 1 is 0.407 bits per heavy atom. The Hall–Kier alpha value is -3.96. The van der Waals surface area contributed by atoms with E-state index in [9.17, 15) is 0 Å². The van der Waals surface area contributed by atoms with Gasteiger partial charge in [0, 0.05) is 89.0 Å². The minimum Gasteiger partial charge on any atom is -0.379 e. The molecule has 0 fully saturated rings. The third-order valence-corrected chi connectivity index (χ3v) is 12.3. The van der Waals surface area contributed by atoms with Crippen molar-refractivity contribution < 1.29 is 4.74 Å². The zero-order valence-corrected chi connectivity index (χ0v) is 39.2. The van der Waals surface area contributed by atoms with E-state index in [1.807, 2.05) is 0 Å². The summed E-state index contributed by atoms with van der Waals surface area (Å²) in [6.45, 7) is 19.6. The van der Waals surface area contributed by atoms with Crippen LogP contribution in [-0.4, -0.2) is 67.6 Å². The molecule has 2 unspecified atom stereocenters. The molecule has 0 saturated heterocycles. The Kier molecular flexibility index (Phi) is 20.7. The van der Waals surface area contributed by atoms with Crippen molar-refractivity contribution in [3.8, 4) is 0 Å². The van der Waals surface area contributed by atoms with Crippen LogP contribution in [0.5, 0.6) is 0 Å². The maximum atomic E-state index is 7.02. The summed E-state index contributed by atoms with van der Waals surface area (Å²) in [6, 6.07) is 32.7. The minimum atomic E-state index is 0.119. The third-order valence-electron chi connectivity index (χ3n) is 12.3. The van der Waals surface area contributed by atoms with Gasteiger partial charge in [-0.3, -0.25) is 0 Å². The van der Waals surface area contributed by atoms with Gasteiger partial charge in [-0.25, -0.2) is 0 Å². The Morgan fingerprint density at radius 2 is 0.712 bits per heavy atom. The first-order valence-electron chi connectivity index (χ1n) is 23.4. The molecule has 5 nitrogen and oxygen atoms in total. The largest absolute Gasteiger partial charge is 0.379 e. The van der Waals surface area contributed by atoms with E-state index >= 15 is 0 Å². The predicted molar refractivity (Wildman–Crippen MR) is 261 cm³/mol. The van der Waals surface area contributed by atoms with Crippen molar-refractivity contribution in [2.24, 2.45) is 0 Å². The highest BCUT2D eigenvalue weighted by molar-refractivity contribution is 5.56. The smallest absolute Gasteiger partial charge is 0.0576 e. The molecular formula is C54H82N4O. The van der Waals surface area contributed by atoms with Crippen LogP contribution in [0.15, 0.2) is 84.9 Å². The molecule has 0 amide bonds. The van der Waals surface area contributed by atoms with Gasteiger partial charge in [0.25, 0.3) is 0 Å². The highest BCUT2D eigenvalue weighted by Crippen LogP contribution is 2.35. The second-order valence-corrected chi connectivity index (χ2v) is 17.5. The van der Waals surface area contributed by atoms with Gasteiger partial charge in [-0.2, -0.15) is 0 Å². The topological polar surface area (TPSA) is 22.2 Å². The molecule has 0 aliphatic rings. The van der Waals surface area contributed by atoms with Crippen LogP contribution in [0.25, 0.3) is 0 Å². The van der Waals surface area contributed by atoms with Gasteiger partial charge in [-0.15, -0.1) is 0 Å². The highest BCUT2D eigenvalue weighted by Gasteiger charge is 2.23. The fraction of sp³-hybridized carbons (Fsp3) is 0.556. The Morgan fingerprint density at radius 3 is 0.983 bits per heavy atom.